The van der Waals surface area contributed by atoms with E-state index in [0.29, 0.717) is 17.5 Å². The van der Waals surface area contributed by atoms with Crippen molar-refractivity contribution in [3.8, 4) is 0 Å². The molecule has 4 nitrogen and oxygen atoms in total. The van der Waals surface area contributed by atoms with Crippen LogP contribution in [-0.4, -0.2) is 27.9 Å². The van der Waals surface area contributed by atoms with Gasteiger partial charge in [0.1, 0.15) is 0 Å². The van der Waals surface area contributed by atoms with Gasteiger partial charge >= 0.3 is 0 Å². The van der Waals surface area contributed by atoms with Crippen LogP contribution in [0, 0.1) is 0 Å². The lowest BCUT2D eigenvalue weighted by atomic mass is 10.2. The molecule has 5 heteroatoms. The number of thioether (sulfide) groups is 1. The van der Waals surface area contributed by atoms with Crippen LogP contribution in [0.1, 0.15) is 11.1 Å². The molecule has 22 heavy (non-hydrogen) atoms. The van der Waals surface area contributed by atoms with Crippen molar-refractivity contribution in [3.63, 3.8) is 0 Å². The highest BCUT2D eigenvalue weighted by atomic mass is 32.2. The average Bonchev–Trinajstić information content (AvgIpc) is 2.90. The zero-order chi connectivity index (χ0) is 15.2. The molecule has 0 atom stereocenters. The minimum atomic E-state index is 0.0718. The highest BCUT2D eigenvalue weighted by Crippen LogP contribution is 2.21. The smallest absolute Gasteiger partial charge is 0.239 e. The number of amidine groups is 1. The van der Waals surface area contributed by atoms with E-state index in [1.807, 2.05) is 60.7 Å². The third-order valence-corrected chi connectivity index (χ3v) is 4.14. The summed E-state index contributed by atoms with van der Waals surface area (Å²) < 4.78 is 0. The predicted octanol–water partition coefficient (Wildman–Crippen LogP) is 3.15. The molecule has 110 valence electrons. The van der Waals surface area contributed by atoms with Crippen molar-refractivity contribution in [2.45, 2.75) is 6.54 Å². The monoisotopic (exact) mass is 309 g/mol. The van der Waals surface area contributed by atoms with Gasteiger partial charge in [0.05, 0.1) is 18.5 Å². The van der Waals surface area contributed by atoms with Crippen LogP contribution in [0.5, 0.6) is 0 Å². The summed E-state index contributed by atoms with van der Waals surface area (Å²) in [6, 6.07) is 19.7. The normalized spacial score (nSPS) is 16.8. The van der Waals surface area contributed by atoms with Crippen molar-refractivity contribution in [2.75, 3.05) is 5.75 Å². The summed E-state index contributed by atoms with van der Waals surface area (Å²) in [4.78, 5) is 13.7. The number of rotatable bonds is 4. The molecule has 0 unspecified atom stereocenters. The first-order chi connectivity index (χ1) is 10.8. The number of benzene rings is 2. The lowest BCUT2D eigenvalue weighted by molar-refractivity contribution is -0.124. The van der Waals surface area contributed by atoms with Crippen LogP contribution in [0.3, 0.4) is 0 Å². The summed E-state index contributed by atoms with van der Waals surface area (Å²) in [5, 5.41) is 8.95. The number of carbonyl (C=O) groups excluding carboxylic acids is 1. The molecule has 1 fully saturated rings. The molecule has 1 amide bonds. The van der Waals surface area contributed by atoms with Crippen LogP contribution >= 0.6 is 11.8 Å². The van der Waals surface area contributed by atoms with Crippen molar-refractivity contribution >= 4 is 29.1 Å². The Morgan fingerprint density at radius 2 is 1.73 bits per heavy atom. The molecular formula is C17H15N3OS. The van der Waals surface area contributed by atoms with Gasteiger partial charge < -0.3 is 0 Å². The molecule has 2 aromatic rings. The maximum absolute atomic E-state index is 12.0. The third-order valence-electron chi connectivity index (χ3n) is 3.19. The van der Waals surface area contributed by atoms with E-state index in [2.05, 4.69) is 10.2 Å². The standard InChI is InChI=1S/C17H15N3OS/c21-16-13-22-17(19-18-11-14-7-3-1-4-8-14)20(16)12-15-9-5-2-6-10-15/h1-11H,12-13H2/b18-11-,19-17+. The molecule has 1 aliphatic rings. The number of amides is 1. The maximum atomic E-state index is 12.0. The lowest BCUT2D eigenvalue weighted by Gasteiger charge is -2.14. The average molecular weight is 309 g/mol. The van der Waals surface area contributed by atoms with E-state index in [1.165, 1.54) is 11.8 Å². The molecule has 0 spiro atoms. The molecule has 0 N–H and O–H groups in total. The fourth-order valence-electron chi connectivity index (χ4n) is 2.08. The van der Waals surface area contributed by atoms with Gasteiger partial charge in [0.25, 0.3) is 0 Å². The van der Waals surface area contributed by atoms with Crippen molar-refractivity contribution in [1.29, 1.82) is 0 Å². The van der Waals surface area contributed by atoms with Gasteiger partial charge in [-0.15, -0.1) is 5.10 Å². The molecule has 3 rings (SSSR count). The molecular weight excluding hydrogens is 294 g/mol. The first-order valence-corrected chi connectivity index (χ1v) is 7.94. The maximum Gasteiger partial charge on any atom is 0.239 e. The number of carbonyl (C=O) groups is 1. The van der Waals surface area contributed by atoms with Gasteiger partial charge in [-0.1, -0.05) is 72.4 Å². The second kappa shape index (κ2) is 7.04. The van der Waals surface area contributed by atoms with Gasteiger partial charge in [-0.3, -0.25) is 9.69 Å². The molecule has 1 saturated heterocycles. The van der Waals surface area contributed by atoms with E-state index >= 15 is 0 Å². The quantitative estimate of drug-likeness (QED) is 0.643. The van der Waals surface area contributed by atoms with Crippen LogP contribution in [0.15, 0.2) is 70.9 Å². The summed E-state index contributed by atoms with van der Waals surface area (Å²) in [5.41, 5.74) is 2.06. The Bertz CT molecular complexity index is 698. The van der Waals surface area contributed by atoms with Crippen molar-refractivity contribution < 1.29 is 4.79 Å². The topological polar surface area (TPSA) is 45.0 Å². The van der Waals surface area contributed by atoms with Crippen LogP contribution in [0.4, 0.5) is 0 Å². The molecule has 0 radical (unpaired) electrons. The summed E-state index contributed by atoms with van der Waals surface area (Å²) in [6.45, 7) is 0.534. The van der Waals surface area contributed by atoms with Crippen molar-refractivity contribution in [2.24, 2.45) is 10.2 Å². The van der Waals surface area contributed by atoms with Crippen molar-refractivity contribution in [1.82, 2.24) is 4.90 Å². The van der Waals surface area contributed by atoms with E-state index in [-0.39, 0.29) is 5.91 Å². The van der Waals surface area contributed by atoms with E-state index in [9.17, 15) is 4.79 Å². The lowest BCUT2D eigenvalue weighted by Crippen LogP contribution is -2.28. The molecule has 1 heterocycles. The SMILES string of the molecule is O=C1CS/C(=N/N=C\c2ccccc2)N1Cc1ccccc1. The Morgan fingerprint density at radius 1 is 1.05 bits per heavy atom. The Labute approximate surface area is 133 Å². The van der Waals surface area contributed by atoms with Crippen LogP contribution in [0.2, 0.25) is 0 Å². The summed E-state index contributed by atoms with van der Waals surface area (Å²) in [5.74, 6) is 0.495. The summed E-state index contributed by atoms with van der Waals surface area (Å²) in [6.07, 6.45) is 1.69. The molecule has 0 aromatic heterocycles. The highest BCUT2D eigenvalue weighted by Gasteiger charge is 2.28. The van der Waals surface area contributed by atoms with Gasteiger partial charge in [0.15, 0.2) is 5.17 Å². The first kappa shape index (κ1) is 14.5. The molecule has 2 aromatic carbocycles. The van der Waals surface area contributed by atoms with Gasteiger partial charge in [-0.05, 0) is 11.1 Å². The predicted molar refractivity (Wildman–Crippen MR) is 90.9 cm³/mol. The zero-order valence-corrected chi connectivity index (χ0v) is 12.7. The second-order valence-electron chi connectivity index (χ2n) is 4.79. The van der Waals surface area contributed by atoms with Gasteiger partial charge in [0, 0.05) is 0 Å². The van der Waals surface area contributed by atoms with Crippen molar-refractivity contribution in [3.05, 3.63) is 71.8 Å². The van der Waals surface area contributed by atoms with E-state index in [1.54, 1.807) is 11.1 Å². The second-order valence-corrected chi connectivity index (χ2v) is 5.73. The largest absolute Gasteiger partial charge is 0.285 e. The Morgan fingerprint density at radius 3 is 2.45 bits per heavy atom. The van der Waals surface area contributed by atoms with Crippen LogP contribution in [0.25, 0.3) is 0 Å². The Kier molecular flexibility index (Phi) is 4.65. The third kappa shape index (κ3) is 3.62. The van der Waals surface area contributed by atoms with E-state index < -0.39 is 0 Å². The Hall–Kier alpha value is -2.40. The summed E-state index contributed by atoms with van der Waals surface area (Å²) in [7, 11) is 0. The minimum absolute atomic E-state index is 0.0718. The first-order valence-electron chi connectivity index (χ1n) is 6.96. The van der Waals surface area contributed by atoms with Crippen LogP contribution < -0.4 is 0 Å². The summed E-state index contributed by atoms with van der Waals surface area (Å²) >= 11 is 1.43. The fraction of sp³-hybridized carbons (Fsp3) is 0.118. The molecule has 0 aliphatic carbocycles. The molecule has 0 saturated carbocycles. The minimum Gasteiger partial charge on any atom is -0.285 e. The van der Waals surface area contributed by atoms with Crippen LogP contribution in [-0.2, 0) is 11.3 Å². The van der Waals surface area contributed by atoms with E-state index in [4.69, 9.17) is 0 Å². The molecule has 0 bridgehead atoms. The zero-order valence-electron chi connectivity index (χ0n) is 11.9. The van der Waals surface area contributed by atoms with E-state index in [0.717, 1.165) is 11.1 Å². The number of nitrogens with zero attached hydrogens (tertiary/aromatic N) is 3. The van der Waals surface area contributed by atoms with Gasteiger partial charge in [0.2, 0.25) is 5.91 Å². The fourth-order valence-corrected chi connectivity index (χ4v) is 2.91. The number of hydrogen-bond donors (Lipinski definition) is 0. The number of hydrogen-bond acceptors (Lipinski definition) is 4. The molecule has 1 aliphatic heterocycles. The van der Waals surface area contributed by atoms with Gasteiger partial charge in [-0.25, -0.2) is 0 Å². The highest BCUT2D eigenvalue weighted by molar-refractivity contribution is 8.15. The van der Waals surface area contributed by atoms with Gasteiger partial charge in [-0.2, -0.15) is 5.10 Å². The Balaban J connectivity index is 1.73.